The van der Waals surface area contributed by atoms with Gasteiger partial charge in [0, 0.05) is 23.3 Å². The molecule has 2 N–H and O–H groups in total. The number of rotatable bonds is 7. The van der Waals surface area contributed by atoms with Crippen LogP contribution in [0.25, 0.3) is 0 Å². The lowest BCUT2D eigenvalue weighted by Crippen LogP contribution is -2.27. The summed E-state index contributed by atoms with van der Waals surface area (Å²) in [5.41, 5.74) is 3.40. The molecule has 0 spiro atoms. The molecule has 21 heavy (non-hydrogen) atoms. The van der Waals surface area contributed by atoms with Gasteiger partial charge in [0.15, 0.2) is 0 Å². The molecular weight excluding hydrogens is 334 g/mol. The Kier molecular flexibility index (Phi) is 6.48. The highest BCUT2D eigenvalue weighted by molar-refractivity contribution is 9.10. The summed E-state index contributed by atoms with van der Waals surface area (Å²) in [4.78, 5) is 0. The third-order valence-corrected chi connectivity index (χ3v) is 4.11. The molecule has 2 unspecified atom stereocenters. The molecule has 5 heteroatoms. The van der Waals surface area contributed by atoms with Crippen molar-refractivity contribution in [1.82, 2.24) is 0 Å². The maximum absolute atomic E-state index is 9.98. The minimum absolute atomic E-state index is 0.209. The monoisotopic (exact) mass is 357 g/mol. The van der Waals surface area contributed by atoms with Crippen LogP contribution in [0.1, 0.15) is 24.0 Å². The lowest BCUT2D eigenvalue weighted by Gasteiger charge is -2.17. The van der Waals surface area contributed by atoms with Crippen LogP contribution in [0.5, 0.6) is 0 Å². The molecule has 2 rings (SSSR count). The van der Waals surface area contributed by atoms with E-state index in [4.69, 9.17) is 9.47 Å². The fourth-order valence-corrected chi connectivity index (χ4v) is 3.27. The smallest absolute Gasteiger partial charge is 0.0945 e. The molecule has 1 aliphatic heterocycles. The second-order valence-corrected chi connectivity index (χ2v) is 6.54. The number of halogens is 1. The highest BCUT2D eigenvalue weighted by Gasteiger charge is 2.16. The second kappa shape index (κ2) is 8.13. The van der Waals surface area contributed by atoms with E-state index in [0.717, 1.165) is 40.7 Å². The number of aliphatic hydroxyl groups excluding tert-OH is 1. The zero-order valence-electron chi connectivity index (χ0n) is 12.7. The molecular formula is C16H24BrNO3. The summed E-state index contributed by atoms with van der Waals surface area (Å²) in [5.74, 6) is 0. The Labute approximate surface area is 135 Å². The van der Waals surface area contributed by atoms with Crippen LogP contribution < -0.4 is 5.32 Å². The molecule has 1 aromatic rings. The third-order valence-electron chi connectivity index (χ3n) is 3.65. The van der Waals surface area contributed by atoms with Gasteiger partial charge in [-0.3, -0.25) is 0 Å². The Morgan fingerprint density at radius 1 is 1.43 bits per heavy atom. The summed E-state index contributed by atoms with van der Waals surface area (Å²) >= 11 is 3.48. The van der Waals surface area contributed by atoms with Gasteiger partial charge in [-0.25, -0.2) is 0 Å². The predicted octanol–water partition coefficient (Wildman–Crippen LogP) is 3.03. The largest absolute Gasteiger partial charge is 0.389 e. The molecule has 4 nitrogen and oxygen atoms in total. The van der Waals surface area contributed by atoms with E-state index >= 15 is 0 Å². The Balaban J connectivity index is 1.72. The van der Waals surface area contributed by atoms with Gasteiger partial charge in [-0.2, -0.15) is 0 Å². The fourth-order valence-electron chi connectivity index (χ4n) is 2.58. The topological polar surface area (TPSA) is 50.7 Å². The molecule has 0 radical (unpaired) electrons. The van der Waals surface area contributed by atoms with Crippen LogP contribution in [0, 0.1) is 13.8 Å². The molecule has 0 saturated carbocycles. The molecule has 2 atom stereocenters. The van der Waals surface area contributed by atoms with E-state index in [2.05, 4.69) is 47.2 Å². The number of benzene rings is 1. The minimum Gasteiger partial charge on any atom is -0.389 e. The normalized spacial score (nSPS) is 19.7. The van der Waals surface area contributed by atoms with Crippen LogP contribution in [-0.2, 0) is 9.47 Å². The van der Waals surface area contributed by atoms with Crippen molar-refractivity contribution in [1.29, 1.82) is 0 Å². The zero-order valence-corrected chi connectivity index (χ0v) is 14.3. The maximum Gasteiger partial charge on any atom is 0.0945 e. The van der Waals surface area contributed by atoms with E-state index in [1.165, 1.54) is 0 Å². The number of hydrogen-bond donors (Lipinski definition) is 2. The quantitative estimate of drug-likeness (QED) is 0.787. The van der Waals surface area contributed by atoms with E-state index in [1.54, 1.807) is 0 Å². The molecule has 0 aliphatic carbocycles. The van der Waals surface area contributed by atoms with Crippen LogP contribution >= 0.6 is 15.9 Å². The standard InChI is InChI=1S/C16H24BrNO3/c1-11-6-13(17)7-12(2)16(11)18-8-14(19)9-20-10-15-4-3-5-21-15/h6-7,14-15,18-19H,3-5,8-10H2,1-2H3. The molecule has 118 valence electrons. The zero-order chi connectivity index (χ0) is 15.2. The number of anilines is 1. The van der Waals surface area contributed by atoms with Gasteiger partial charge < -0.3 is 19.9 Å². The number of nitrogens with one attached hydrogen (secondary N) is 1. The highest BCUT2D eigenvalue weighted by Crippen LogP contribution is 2.25. The van der Waals surface area contributed by atoms with Crippen molar-refractivity contribution in [2.75, 3.05) is 31.7 Å². The van der Waals surface area contributed by atoms with E-state index in [0.29, 0.717) is 19.8 Å². The summed E-state index contributed by atoms with van der Waals surface area (Å²) in [5, 5.41) is 13.3. The summed E-state index contributed by atoms with van der Waals surface area (Å²) in [7, 11) is 0. The van der Waals surface area contributed by atoms with Crippen molar-refractivity contribution in [2.45, 2.75) is 38.9 Å². The van der Waals surface area contributed by atoms with Gasteiger partial charge in [-0.1, -0.05) is 15.9 Å². The Morgan fingerprint density at radius 2 is 2.14 bits per heavy atom. The first-order valence-corrected chi connectivity index (χ1v) is 8.23. The molecule has 1 aromatic carbocycles. The second-order valence-electron chi connectivity index (χ2n) is 5.62. The molecule has 0 amide bonds. The van der Waals surface area contributed by atoms with Crippen LogP contribution in [0.3, 0.4) is 0 Å². The maximum atomic E-state index is 9.98. The molecule has 1 saturated heterocycles. The van der Waals surface area contributed by atoms with Crippen LogP contribution in [-0.4, -0.2) is 43.7 Å². The Hall–Kier alpha value is -0.620. The van der Waals surface area contributed by atoms with Crippen LogP contribution in [0.4, 0.5) is 5.69 Å². The average molecular weight is 358 g/mol. The molecule has 0 aromatic heterocycles. The first-order valence-electron chi connectivity index (χ1n) is 7.44. The highest BCUT2D eigenvalue weighted by atomic mass is 79.9. The minimum atomic E-state index is -0.520. The number of aryl methyl sites for hydroxylation is 2. The lowest BCUT2D eigenvalue weighted by atomic mass is 10.1. The van der Waals surface area contributed by atoms with E-state index in [1.807, 2.05) is 0 Å². The van der Waals surface area contributed by atoms with Gasteiger partial charge in [0.1, 0.15) is 0 Å². The molecule has 1 fully saturated rings. The van der Waals surface area contributed by atoms with E-state index in [-0.39, 0.29) is 6.10 Å². The predicted molar refractivity (Wildman–Crippen MR) is 87.9 cm³/mol. The van der Waals surface area contributed by atoms with Crippen LogP contribution in [0.15, 0.2) is 16.6 Å². The molecule has 0 bridgehead atoms. The van der Waals surface area contributed by atoms with Crippen molar-refractivity contribution in [3.63, 3.8) is 0 Å². The van der Waals surface area contributed by atoms with E-state index < -0.39 is 6.10 Å². The van der Waals surface area contributed by atoms with Crippen molar-refractivity contribution < 1.29 is 14.6 Å². The Morgan fingerprint density at radius 3 is 2.76 bits per heavy atom. The molecule has 1 aliphatic rings. The van der Waals surface area contributed by atoms with Crippen molar-refractivity contribution in [3.8, 4) is 0 Å². The van der Waals surface area contributed by atoms with Crippen LogP contribution in [0.2, 0.25) is 0 Å². The van der Waals surface area contributed by atoms with E-state index in [9.17, 15) is 5.11 Å². The lowest BCUT2D eigenvalue weighted by molar-refractivity contribution is -0.0137. The summed E-state index contributed by atoms with van der Waals surface area (Å²) in [6.07, 6.45) is 1.86. The van der Waals surface area contributed by atoms with Crippen molar-refractivity contribution >= 4 is 21.6 Å². The summed E-state index contributed by atoms with van der Waals surface area (Å²) in [6.45, 7) is 6.34. The number of aliphatic hydroxyl groups is 1. The molecule has 1 heterocycles. The van der Waals surface area contributed by atoms with Crippen molar-refractivity contribution in [2.24, 2.45) is 0 Å². The van der Waals surface area contributed by atoms with Crippen molar-refractivity contribution in [3.05, 3.63) is 27.7 Å². The van der Waals surface area contributed by atoms with Gasteiger partial charge in [-0.05, 0) is 49.9 Å². The number of ether oxygens (including phenoxy) is 2. The average Bonchev–Trinajstić information content (AvgIpc) is 2.90. The third kappa shape index (κ3) is 5.25. The SMILES string of the molecule is Cc1cc(Br)cc(C)c1NCC(O)COCC1CCCO1. The Bertz CT molecular complexity index is 438. The summed E-state index contributed by atoms with van der Waals surface area (Å²) < 4.78 is 12.1. The summed E-state index contributed by atoms with van der Waals surface area (Å²) in [6, 6.07) is 4.13. The van der Waals surface area contributed by atoms with Gasteiger partial charge >= 0.3 is 0 Å². The first kappa shape index (κ1) is 16.7. The van der Waals surface area contributed by atoms with Gasteiger partial charge in [0.2, 0.25) is 0 Å². The first-order chi connectivity index (χ1) is 10.1. The van der Waals surface area contributed by atoms with Gasteiger partial charge in [-0.15, -0.1) is 0 Å². The van der Waals surface area contributed by atoms with Gasteiger partial charge in [0.25, 0.3) is 0 Å². The van der Waals surface area contributed by atoms with Gasteiger partial charge in [0.05, 0.1) is 25.4 Å². The number of hydrogen-bond acceptors (Lipinski definition) is 4. The fraction of sp³-hybridized carbons (Fsp3) is 0.625.